The minimum atomic E-state index is -1.09. The minimum Gasteiger partial charge on any atom is -0.462 e. The van der Waals surface area contributed by atoms with Crippen LogP contribution in [0.5, 0.6) is 0 Å². The first-order valence-electron chi connectivity index (χ1n) is 8.80. The molecule has 0 aliphatic carbocycles. The molecular formula is C21H22FNO5. The number of aromatic amines is 1. The summed E-state index contributed by atoms with van der Waals surface area (Å²) in [5, 5.41) is 0. The summed E-state index contributed by atoms with van der Waals surface area (Å²) < 4.78 is 23.7. The Labute approximate surface area is 162 Å². The van der Waals surface area contributed by atoms with Gasteiger partial charge < -0.3 is 14.5 Å². The highest BCUT2D eigenvalue weighted by atomic mass is 19.1. The first kappa shape index (κ1) is 21.1. The maximum atomic E-state index is 13.6. The number of carbonyl (C=O) groups is 3. The number of ether oxygens (including phenoxy) is 2. The molecule has 148 valence electrons. The number of benzene rings is 1. The van der Waals surface area contributed by atoms with Crippen molar-refractivity contribution in [3.05, 3.63) is 64.2 Å². The molecule has 6 nitrogen and oxygen atoms in total. The Morgan fingerprint density at radius 1 is 1.21 bits per heavy atom. The van der Waals surface area contributed by atoms with Crippen molar-refractivity contribution in [1.29, 1.82) is 0 Å². The van der Waals surface area contributed by atoms with Crippen LogP contribution in [0.15, 0.2) is 30.3 Å². The van der Waals surface area contributed by atoms with E-state index in [1.165, 1.54) is 31.2 Å². The van der Waals surface area contributed by atoms with Crippen molar-refractivity contribution in [2.45, 2.75) is 33.8 Å². The Bertz CT molecular complexity index is 929. The van der Waals surface area contributed by atoms with Crippen molar-refractivity contribution in [1.82, 2.24) is 4.98 Å². The van der Waals surface area contributed by atoms with Crippen molar-refractivity contribution < 1.29 is 28.2 Å². The first-order chi connectivity index (χ1) is 13.3. The summed E-state index contributed by atoms with van der Waals surface area (Å²) in [6, 6.07) is 5.96. The third kappa shape index (κ3) is 4.73. The third-order valence-corrected chi connectivity index (χ3v) is 4.13. The second-order valence-corrected chi connectivity index (χ2v) is 6.14. The van der Waals surface area contributed by atoms with E-state index < -0.39 is 29.6 Å². The molecule has 7 heteroatoms. The van der Waals surface area contributed by atoms with Gasteiger partial charge in [0.05, 0.1) is 17.9 Å². The van der Waals surface area contributed by atoms with Crippen LogP contribution >= 0.6 is 0 Å². The van der Waals surface area contributed by atoms with E-state index in [-0.39, 0.29) is 17.9 Å². The molecule has 1 N–H and O–H groups in total. The van der Waals surface area contributed by atoms with Gasteiger partial charge in [0, 0.05) is 17.3 Å². The number of Topliss-reactive ketones (excluding diaryl/α,β-unsaturated/α-hetero) is 1. The highest BCUT2D eigenvalue weighted by Crippen LogP contribution is 2.21. The number of carbonyl (C=O) groups excluding carboxylic acids is 3. The molecule has 28 heavy (non-hydrogen) atoms. The molecule has 2 rings (SSSR count). The number of hydrogen-bond donors (Lipinski definition) is 1. The number of nitrogens with one attached hydrogen (secondary N) is 1. The summed E-state index contributed by atoms with van der Waals surface area (Å²) in [4.78, 5) is 39.5. The molecule has 0 spiro atoms. The molecule has 1 aromatic heterocycles. The largest absolute Gasteiger partial charge is 0.462 e. The molecule has 1 heterocycles. The van der Waals surface area contributed by atoms with Crippen molar-refractivity contribution in [3.63, 3.8) is 0 Å². The van der Waals surface area contributed by atoms with Crippen LogP contribution in [-0.2, 0) is 14.3 Å². The third-order valence-electron chi connectivity index (χ3n) is 4.13. The van der Waals surface area contributed by atoms with E-state index in [1.807, 2.05) is 0 Å². The molecule has 0 radical (unpaired) electrons. The fraction of sp³-hybridized carbons (Fsp3) is 0.286. The second kappa shape index (κ2) is 9.12. The van der Waals surface area contributed by atoms with Crippen LogP contribution in [0.25, 0.3) is 6.08 Å². The Kier molecular flexibility index (Phi) is 6.87. The van der Waals surface area contributed by atoms with Gasteiger partial charge in [-0.1, -0.05) is 18.2 Å². The molecule has 1 unspecified atom stereocenters. The Balaban J connectivity index is 2.10. The summed E-state index contributed by atoms with van der Waals surface area (Å²) >= 11 is 0. The van der Waals surface area contributed by atoms with Gasteiger partial charge in [-0.25, -0.2) is 14.0 Å². The highest BCUT2D eigenvalue weighted by molar-refractivity contribution is 6.04. The van der Waals surface area contributed by atoms with E-state index in [0.29, 0.717) is 16.8 Å². The smallest absolute Gasteiger partial charge is 0.340 e. The van der Waals surface area contributed by atoms with Gasteiger partial charge in [0.1, 0.15) is 5.82 Å². The highest BCUT2D eigenvalue weighted by Gasteiger charge is 2.27. The number of hydrogen-bond acceptors (Lipinski definition) is 5. The van der Waals surface area contributed by atoms with Gasteiger partial charge in [-0.05, 0) is 45.4 Å². The number of esters is 2. The molecule has 0 saturated carbocycles. The molecular weight excluding hydrogens is 365 g/mol. The zero-order valence-electron chi connectivity index (χ0n) is 16.2. The summed E-state index contributed by atoms with van der Waals surface area (Å²) in [5.41, 5.74) is 1.64. The fourth-order valence-electron chi connectivity index (χ4n) is 2.74. The monoisotopic (exact) mass is 387 g/mol. The average Bonchev–Trinajstić information content (AvgIpc) is 2.94. The molecule has 1 aromatic carbocycles. The molecule has 0 bridgehead atoms. The van der Waals surface area contributed by atoms with E-state index in [1.54, 1.807) is 26.8 Å². The topological polar surface area (TPSA) is 85.5 Å². The predicted molar refractivity (Wildman–Crippen MR) is 102 cm³/mol. The lowest BCUT2D eigenvalue weighted by Gasteiger charge is -2.10. The number of rotatable bonds is 7. The molecule has 0 aliphatic rings. The van der Waals surface area contributed by atoms with Gasteiger partial charge in [0.25, 0.3) is 0 Å². The van der Waals surface area contributed by atoms with Crippen LogP contribution in [0.3, 0.4) is 0 Å². The van der Waals surface area contributed by atoms with E-state index >= 15 is 0 Å². The zero-order valence-corrected chi connectivity index (χ0v) is 16.2. The number of H-pyrrole nitrogens is 1. The number of halogens is 1. The van der Waals surface area contributed by atoms with Gasteiger partial charge in [-0.2, -0.15) is 0 Å². The lowest BCUT2D eigenvalue weighted by Crippen LogP contribution is -2.24. The van der Waals surface area contributed by atoms with Crippen LogP contribution in [0, 0.1) is 19.7 Å². The van der Waals surface area contributed by atoms with Crippen LogP contribution < -0.4 is 0 Å². The van der Waals surface area contributed by atoms with Crippen molar-refractivity contribution in [2.24, 2.45) is 0 Å². The molecule has 0 amide bonds. The summed E-state index contributed by atoms with van der Waals surface area (Å²) in [6.45, 7) is 6.61. The van der Waals surface area contributed by atoms with E-state index in [4.69, 9.17) is 9.47 Å². The Hall–Kier alpha value is -3.22. The Morgan fingerprint density at radius 2 is 1.89 bits per heavy atom. The normalized spacial score (nSPS) is 12.0. The van der Waals surface area contributed by atoms with Crippen LogP contribution in [0.4, 0.5) is 4.39 Å². The quantitative estimate of drug-likeness (QED) is 0.444. The van der Waals surface area contributed by atoms with Crippen molar-refractivity contribution in [3.8, 4) is 0 Å². The van der Waals surface area contributed by atoms with Crippen molar-refractivity contribution in [2.75, 3.05) is 6.61 Å². The average molecular weight is 387 g/mol. The summed E-state index contributed by atoms with van der Waals surface area (Å²) in [6.07, 6.45) is 1.24. The maximum Gasteiger partial charge on any atom is 0.340 e. The van der Waals surface area contributed by atoms with Gasteiger partial charge in [0.2, 0.25) is 5.78 Å². The van der Waals surface area contributed by atoms with Gasteiger partial charge in [-0.15, -0.1) is 0 Å². The summed E-state index contributed by atoms with van der Waals surface area (Å²) in [7, 11) is 0. The number of ketones is 1. The fourth-order valence-corrected chi connectivity index (χ4v) is 2.74. The van der Waals surface area contributed by atoms with Gasteiger partial charge in [0.15, 0.2) is 6.10 Å². The molecule has 0 fully saturated rings. The lowest BCUT2D eigenvalue weighted by atomic mass is 10.1. The van der Waals surface area contributed by atoms with E-state index in [2.05, 4.69) is 4.98 Å². The minimum absolute atomic E-state index is 0.180. The standard InChI is InChI=1S/C21H22FNO5/c1-5-27-21(26)18-12(2)19(23-13(18)3)20(25)14(4)28-17(24)11-10-15-8-6-7-9-16(15)22/h6-11,14,23H,5H2,1-4H3/b11-10+. The summed E-state index contributed by atoms with van der Waals surface area (Å²) in [5.74, 6) is -2.26. The predicted octanol–water partition coefficient (Wildman–Crippen LogP) is 3.78. The van der Waals surface area contributed by atoms with Crippen LogP contribution in [0.1, 0.15) is 51.5 Å². The Morgan fingerprint density at radius 3 is 2.54 bits per heavy atom. The SMILES string of the molecule is CCOC(=O)c1c(C)[nH]c(C(=O)C(C)OC(=O)/C=C/c2ccccc2F)c1C. The van der Waals surface area contributed by atoms with Crippen LogP contribution in [-0.4, -0.2) is 35.4 Å². The van der Waals surface area contributed by atoms with E-state index in [0.717, 1.165) is 6.08 Å². The number of aromatic nitrogens is 1. The lowest BCUT2D eigenvalue weighted by molar-refractivity contribution is -0.140. The van der Waals surface area contributed by atoms with Crippen LogP contribution in [0.2, 0.25) is 0 Å². The molecule has 1 atom stereocenters. The first-order valence-corrected chi connectivity index (χ1v) is 8.80. The molecule has 0 aliphatic heterocycles. The van der Waals surface area contributed by atoms with Gasteiger partial charge in [-0.3, -0.25) is 4.79 Å². The van der Waals surface area contributed by atoms with Gasteiger partial charge >= 0.3 is 11.9 Å². The molecule has 2 aromatic rings. The van der Waals surface area contributed by atoms with E-state index in [9.17, 15) is 18.8 Å². The number of aryl methyl sites for hydroxylation is 1. The van der Waals surface area contributed by atoms with Crippen molar-refractivity contribution >= 4 is 23.8 Å². The second-order valence-electron chi connectivity index (χ2n) is 6.14. The zero-order chi connectivity index (χ0) is 20.8. The molecule has 0 saturated heterocycles. The maximum absolute atomic E-state index is 13.6.